The lowest BCUT2D eigenvalue weighted by atomic mass is 9.96. The van der Waals surface area contributed by atoms with Crippen molar-refractivity contribution in [1.29, 1.82) is 0 Å². The molecule has 37 heavy (non-hydrogen) atoms. The minimum Gasteiger partial charge on any atom is -0.481 e. The van der Waals surface area contributed by atoms with Gasteiger partial charge in [-0.05, 0) is 43.0 Å². The summed E-state index contributed by atoms with van der Waals surface area (Å²) in [5, 5.41) is 21.7. The standard InChI is InChI=1S/C22H22N4O3.C4H4O4/c1-12-9-23-22(28-3)13(2)19(12)14-4-5-16-18(8-14)25-21(27)17-10-24-26(20(16)17)15-6-7-29-11-15;5-3(6)1-2-4(7)8/h4-5,8-10,15H,6-7,11H2,1-3H3,(H,25,27);1-2H,(H,5,6)(H,7,8)/b;2-1-/t15-;/m0./s1. The van der Waals surface area contributed by atoms with Crippen LogP contribution in [0.3, 0.4) is 0 Å². The van der Waals surface area contributed by atoms with Crippen molar-refractivity contribution in [3.05, 3.63) is 64.2 Å². The number of rotatable bonds is 5. The van der Waals surface area contributed by atoms with Gasteiger partial charge in [0.15, 0.2) is 0 Å². The number of nitrogens with zero attached hydrogens (tertiary/aromatic N) is 3. The highest BCUT2D eigenvalue weighted by Crippen LogP contribution is 2.34. The SMILES string of the molecule is COc1ncc(C)c(-c2ccc3c(c2)[nH]c(=O)c2cnn([C@H]4CCOC4)c23)c1C.O=C(O)/C=C\C(=O)O. The predicted octanol–water partition coefficient (Wildman–Crippen LogP) is 3.24. The van der Waals surface area contributed by atoms with Gasteiger partial charge < -0.3 is 24.7 Å². The van der Waals surface area contributed by atoms with E-state index in [1.54, 1.807) is 13.3 Å². The molecule has 3 aromatic heterocycles. The van der Waals surface area contributed by atoms with Crippen LogP contribution in [0.1, 0.15) is 23.6 Å². The lowest BCUT2D eigenvalue weighted by molar-refractivity contribution is -0.134. The lowest BCUT2D eigenvalue weighted by Gasteiger charge is -2.14. The molecule has 0 radical (unpaired) electrons. The first-order chi connectivity index (χ1) is 17.7. The molecule has 5 rings (SSSR count). The molecule has 1 fully saturated rings. The van der Waals surface area contributed by atoms with Crippen molar-refractivity contribution in [2.45, 2.75) is 26.3 Å². The third-order valence-electron chi connectivity index (χ3n) is 6.13. The Morgan fingerprint density at radius 3 is 2.51 bits per heavy atom. The number of carboxylic acids is 2. The molecule has 1 aliphatic rings. The molecule has 0 unspecified atom stereocenters. The molecule has 0 amide bonds. The van der Waals surface area contributed by atoms with Gasteiger partial charge in [0.05, 0.1) is 42.4 Å². The minimum atomic E-state index is -1.26. The van der Waals surface area contributed by atoms with E-state index in [0.717, 1.165) is 51.7 Å². The molecule has 4 aromatic rings. The first-order valence-corrected chi connectivity index (χ1v) is 11.5. The molecule has 1 atom stereocenters. The zero-order valence-corrected chi connectivity index (χ0v) is 20.5. The molecule has 11 heteroatoms. The summed E-state index contributed by atoms with van der Waals surface area (Å²) in [5.74, 6) is -1.91. The average Bonchev–Trinajstić information content (AvgIpc) is 3.54. The molecule has 1 saturated heterocycles. The second-order valence-electron chi connectivity index (χ2n) is 8.54. The summed E-state index contributed by atoms with van der Waals surface area (Å²) in [6.45, 7) is 5.37. The number of aliphatic carboxylic acids is 2. The maximum absolute atomic E-state index is 12.7. The van der Waals surface area contributed by atoms with Gasteiger partial charge in [0.25, 0.3) is 5.56 Å². The van der Waals surface area contributed by atoms with Crippen molar-refractivity contribution in [3.63, 3.8) is 0 Å². The Kier molecular flexibility index (Phi) is 7.35. The first-order valence-electron chi connectivity index (χ1n) is 11.5. The number of hydrogen-bond donors (Lipinski definition) is 3. The number of aromatic amines is 1. The number of aromatic nitrogens is 4. The van der Waals surface area contributed by atoms with Crippen molar-refractivity contribution >= 4 is 33.7 Å². The van der Waals surface area contributed by atoms with Crippen LogP contribution in [0.2, 0.25) is 0 Å². The summed E-state index contributed by atoms with van der Waals surface area (Å²) >= 11 is 0. The summed E-state index contributed by atoms with van der Waals surface area (Å²) in [6, 6.07) is 6.32. The van der Waals surface area contributed by atoms with Gasteiger partial charge >= 0.3 is 11.9 Å². The summed E-state index contributed by atoms with van der Waals surface area (Å²) in [7, 11) is 1.62. The number of nitrogens with one attached hydrogen (secondary N) is 1. The van der Waals surface area contributed by atoms with Crippen LogP contribution in [-0.4, -0.2) is 62.2 Å². The molecule has 4 heterocycles. The molecule has 0 spiro atoms. The van der Waals surface area contributed by atoms with E-state index in [0.29, 0.717) is 30.0 Å². The number of carbonyl (C=O) groups is 2. The van der Waals surface area contributed by atoms with E-state index in [2.05, 4.69) is 27.2 Å². The molecular weight excluding hydrogens is 480 g/mol. The summed E-state index contributed by atoms with van der Waals surface area (Å²) in [5.41, 5.74) is 5.64. The monoisotopic (exact) mass is 506 g/mol. The third kappa shape index (κ3) is 5.21. The molecular formula is C26H26N4O7. The normalized spacial score (nSPS) is 15.2. The van der Waals surface area contributed by atoms with E-state index >= 15 is 0 Å². The zero-order chi connectivity index (χ0) is 26.7. The van der Waals surface area contributed by atoms with E-state index in [1.807, 2.05) is 30.8 Å². The highest BCUT2D eigenvalue weighted by atomic mass is 16.5. The van der Waals surface area contributed by atoms with Crippen LogP contribution in [0.5, 0.6) is 5.88 Å². The van der Waals surface area contributed by atoms with Crippen LogP contribution in [0, 0.1) is 13.8 Å². The second kappa shape index (κ2) is 10.6. The number of methoxy groups -OCH3 is 1. The van der Waals surface area contributed by atoms with E-state index in [1.165, 1.54) is 0 Å². The summed E-state index contributed by atoms with van der Waals surface area (Å²) in [4.78, 5) is 39.2. The van der Waals surface area contributed by atoms with Gasteiger partial charge in [-0.1, -0.05) is 12.1 Å². The van der Waals surface area contributed by atoms with Gasteiger partial charge in [-0.2, -0.15) is 5.10 Å². The number of hydrogen-bond acceptors (Lipinski definition) is 7. The number of carboxylic acid groups (broad SMARTS) is 2. The van der Waals surface area contributed by atoms with Gasteiger partial charge in [-0.3, -0.25) is 9.48 Å². The van der Waals surface area contributed by atoms with E-state index in [9.17, 15) is 14.4 Å². The van der Waals surface area contributed by atoms with E-state index in [-0.39, 0.29) is 11.6 Å². The zero-order valence-electron chi connectivity index (χ0n) is 20.5. The fourth-order valence-corrected chi connectivity index (χ4v) is 4.50. The Labute approximate surface area is 211 Å². The quantitative estimate of drug-likeness (QED) is 0.346. The summed E-state index contributed by atoms with van der Waals surface area (Å²) in [6.07, 6.45) is 5.48. The average molecular weight is 507 g/mol. The van der Waals surface area contributed by atoms with Crippen LogP contribution in [0.4, 0.5) is 0 Å². The number of aryl methyl sites for hydroxylation is 1. The molecule has 0 saturated carbocycles. The maximum atomic E-state index is 12.7. The molecule has 3 N–H and O–H groups in total. The van der Waals surface area contributed by atoms with Gasteiger partial charge in [0.2, 0.25) is 5.88 Å². The molecule has 0 bridgehead atoms. The van der Waals surface area contributed by atoms with Crippen LogP contribution < -0.4 is 10.3 Å². The summed E-state index contributed by atoms with van der Waals surface area (Å²) < 4.78 is 12.9. The van der Waals surface area contributed by atoms with Crippen molar-refractivity contribution < 1.29 is 29.3 Å². The topological polar surface area (TPSA) is 157 Å². The van der Waals surface area contributed by atoms with Crippen molar-refractivity contribution in [3.8, 4) is 17.0 Å². The third-order valence-corrected chi connectivity index (χ3v) is 6.13. The van der Waals surface area contributed by atoms with Crippen LogP contribution in [0.25, 0.3) is 32.9 Å². The van der Waals surface area contributed by atoms with Gasteiger partial charge in [-0.25, -0.2) is 14.6 Å². The van der Waals surface area contributed by atoms with Crippen molar-refractivity contribution in [2.75, 3.05) is 20.3 Å². The van der Waals surface area contributed by atoms with Gasteiger partial charge in [0, 0.05) is 35.9 Å². The molecule has 1 aliphatic heterocycles. The van der Waals surface area contributed by atoms with Gasteiger partial charge in [0.1, 0.15) is 0 Å². The number of H-pyrrole nitrogens is 1. The number of ether oxygens (including phenoxy) is 2. The second-order valence-corrected chi connectivity index (χ2v) is 8.54. The van der Waals surface area contributed by atoms with Crippen LogP contribution >= 0.6 is 0 Å². The van der Waals surface area contributed by atoms with Crippen molar-refractivity contribution in [1.82, 2.24) is 19.7 Å². The Morgan fingerprint density at radius 2 is 1.89 bits per heavy atom. The number of benzene rings is 1. The molecule has 1 aromatic carbocycles. The first kappa shape index (κ1) is 25.6. The fourth-order valence-electron chi connectivity index (χ4n) is 4.50. The Hall–Kier alpha value is -4.51. The lowest BCUT2D eigenvalue weighted by Crippen LogP contribution is -2.12. The van der Waals surface area contributed by atoms with Crippen LogP contribution in [0.15, 0.2) is 47.5 Å². The van der Waals surface area contributed by atoms with E-state index < -0.39 is 11.9 Å². The molecule has 11 nitrogen and oxygen atoms in total. The molecule has 192 valence electrons. The van der Waals surface area contributed by atoms with Gasteiger partial charge in [-0.15, -0.1) is 0 Å². The van der Waals surface area contributed by atoms with Crippen molar-refractivity contribution in [2.24, 2.45) is 0 Å². The highest BCUT2D eigenvalue weighted by molar-refractivity contribution is 6.04. The number of fused-ring (bicyclic) bond motifs is 3. The Morgan fingerprint density at radius 1 is 1.16 bits per heavy atom. The van der Waals surface area contributed by atoms with E-state index in [4.69, 9.17) is 19.7 Å². The number of pyridine rings is 2. The smallest absolute Gasteiger partial charge is 0.328 e. The Bertz CT molecular complexity index is 1560. The fraction of sp³-hybridized carbons (Fsp3) is 0.269. The maximum Gasteiger partial charge on any atom is 0.328 e. The Balaban J connectivity index is 0.000000349. The van der Waals surface area contributed by atoms with Crippen LogP contribution in [-0.2, 0) is 14.3 Å². The molecule has 0 aliphatic carbocycles. The largest absolute Gasteiger partial charge is 0.481 e. The minimum absolute atomic E-state index is 0.129. The highest BCUT2D eigenvalue weighted by Gasteiger charge is 2.22. The predicted molar refractivity (Wildman–Crippen MR) is 136 cm³/mol.